The van der Waals surface area contributed by atoms with Crippen molar-refractivity contribution in [1.29, 1.82) is 0 Å². The SMILES string of the molecule is CC.CC.CC.[Ba+2].[Ba+2].[Ba+2].[H-].[H-].[H-].[H-].[H-].[H-].c1ccc2c(c1)CCC2.c1ccc2c(c1)CCCO2.c1ccc2c(c1)OCCO2. The molecule has 0 N–H and O–H groups in total. The van der Waals surface area contributed by atoms with Crippen LogP contribution in [0.1, 0.15) is 79.6 Å². The normalized spacial score (nSPS) is 12.2. The van der Waals surface area contributed by atoms with Gasteiger partial charge in [0.1, 0.15) is 19.0 Å². The number of rotatable bonds is 0. The molecule has 2 heterocycles. The van der Waals surface area contributed by atoms with Gasteiger partial charge in [-0.05, 0) is 67.0 Å². The molecule has 204 valence electrons. The first kappa shape index (κ1) is 44.2. The maximum Gasteiger partial charge on any atom is 2.00 e. The molecule has 0 unspecified atom stereocenters. The molecule has 38 heavy (non-hydrogen) atoms. The molecule has 0 bridgehead atoms. The average Bonchev–Trinajstić information content (AvgIpc) is 3.46. The Morgan fingerprint density at radius 1 is 0.421 bits per heavy atom. The number of hydrogen-bond donors (Lipinski definition) is 0. The Morgan fingerprint density at radius 2 is 0.763 bits per heavy atom. The molecule has 6 rings (SSSR count). The predicted octanol–water partition coefficient (Wildman–Crippen LogP) is 8.26. The maximum absolute atomic E-state index is 5.42. The monoisotopic (exact) mass is 898 g/mol. The largest absolute Gasteiger partial charge is 2.00 e. The van der Waals surface area contributed by atoms with Crippen molar-refractivity contribution < 1.29 is 22.8 Å². The number of fused-ring (bicyclic) bond motifs is 3. The minimum atomic E-state index is 0. The first-order valence-corrected chi connectivity index (χ1v) is 13.5. The molecule has 3 aromatic carbocycles. The summed E-state index contributed by atoms with van der Waals surface area (Å²) in [6, 6.07) is 24.7. The van der Waals surface area contributed by atoms with E-state index in [0.717, 1.165) is 30.3 Å². The molecule has 0 spiro atoms. The third-order valence-corrected chi connectivity index (χ3v) is 5.28. The van der Waals surface area contributed by atoms with Crippen LogP contribution in [0.2, 0.25) is 0 Å². The fourth-order valence-electron chi connectivity index (χ4n) is 3.80. The van der Waals surface area contributed by atoms with Crippen LogP contribution < -0.4 is 14.2 Å². The second-order valence-electron chi connectivity index (χ2n) is 7.33. The minimum absolute atomic E-state index is 0. The van der Waals surface area contributed by atoms with Crippen molar-refractivity contribution in [3.8, 4) is 17.2 Å². The van der Waals surface area contributed by atoms with E-state index in [1.54, 1.807) is 11.1 Å². The Hall–Kier alpha value is 1.77. The van der Waals surface area contributed by atoms with Gasteiger partial charge < -0.3 is 22.8 Å². The fourth-order valence-corrected chi connectivity index (χ4v) is 3.80. The van der Waals surface area contributed by atoms with Crippen molar-refractivity contribution in [2.75, 3.05) is 19.8 Å². The number of hydrogen-bond acceptors (Lipinski definition) is 3. The number of aryl methyl sites for hydroxylation is 3. The van der Waals surface area contributed by atoms with Gasteiger partial charge in [-0.1, -0.05) is 96.1 Å². The number of para-hydroxylation sites is 3. The topological polar surface area (TPSA) is 27.7 Å². The average molecular weight is 897 g/mol. The Morgan fingerprint density at radius 3 is 1.21 bits per heavy atom. The molecule has 1 aliphatic carbocycles. The van der Waals surface area contributed by atoms with Crippen molar-refractivity contribution in [2.45, 2.75) is 73.6 Å². The third-order valence-electron chi connectivity index (χ3n) is 5.28. The van der Waals surface area contributed by atoms with E-state index >= 15 is 0 Å². The second kappa shape index (κ2) is 30.2. The summed E-state index contributed by atoms with van der Waals surface area (Å²) < 4.78 is 16.0. The molecular weight excluding hydrogens is 844 g/mol. The maximum atomic E-state index is 5.42. The van der Waals surface area contributed by atoms with Crippen LogP contribution >= 0.6 is 0 Å². The first-order chi connectivity index (χ1) is 17.4. The molecule has 3 aliphatic rings. The standard InChI is InChI=1S/C9H10O.C9H10.C8H8O2.3C2H6.3Ba.6H/c1-2-6-9-8(4-1)5-3-7-10-9;1-2-5-9-7-3-6-8(9)4-1;1-2-4-8-7(3-1)9-5-6-10-8;3*1-2;;;;;;;;;/h1-2,4,6H,3,5,7H2;1-2,4-5H,3,6-7H2;1-4H,5-6H2;3*1-2H3;;;;;;;;;/q;;;;;;3*+2;6*-1. The van der Waals surface area contributed by atoms with Gasteiger partial charge in [-0.15, -0.1) is 0 Å². The van der Waals surface area contributed by atoms with E-state index in [4.69, 9.17) is 14.2 Å². The van der Waals surface area contributed by atoms with E-state index in [2.05, 4.69) is 36.4 Å². The molecule has 3 nitrogen and oxygen atoms in total. The molecular formula is C32H52Ba3O3. The van der Waals surface area contributed by atoms with E-state index in [0.29, 0.717) is 13.2 Å². The van der Waals surface area contributed by atoms with Crippen LogP contribution in [0.4, 0.5) is 0 Å². The molecule has 0 amide bonds. The van der Waals surface area contributed by atoms with Gasteiger partial charge in [-0.25, -0.2) is 0 Å². The summed E-state index contributed by atoms with van der Waals surface area (Å²) in [4.78, 5) is 0. The Balaban J connectivity index is -0.0000000502. The third kappa shape index (κ3) is 17.0. The summed E-state index contributed by atoms with van der Waals surface area (Å²) in [5.41, 5.74) is 4.49. The zero-order chi connectivity index (χ0) is 25.7. The van der Waals surface area contributed by atoms with Crippen LogP contribution in [0.25, 0.3) is 0 Å². The van der Waals surface area contributed by atoms with Crippen molar-refractivity contribution >= 4 is 147 Å². The number of benzene rings is 3. The molecule has 0 atom stereocenters. The molecule has 0 radical (unpaired) electrons. The molecule has 0 saturated carbocycles. The molecule has 2 aliphatic heterocycles. The van der Waals surface area contributed by atoms with E-state index < -0.39 is 0 Å². The van der Waals surface area contributed by atoms with Crippen molar-refractivity contribution in [3.63, 3.8) is 0 Å². The van der Waals surface area contributed by atoms with Crippen LogP contribution in [0.5, 0.6) is 17.2 Å². The van der Waals surface area contributed by atoms with Gasteiger partial charge in [0.15, 0.2) is 11.5 Å². The Labute approximate surface area is 363 Å². The van der Waals surface area contributed by atoms with Gasteiger partial charge in [-0.3, -0.25) is 0 Å². The zero-order valence-electron chi connectivity index (χ0n) is 30.9. The van der Waals surface area contributed by atoms with Crippen LogP contribution in [0.15, 0.2) is 72.8 Å². The molecule has 6 heteroatoms. The second-order valence-corrected chi connectivity index (χ2v) is 7.33. The van der Waals surface area contributed by atoms with E-state index in [-0.39, 0.29) is 155 Å². The predicted molar refractivity (Wildman–Crippen MR) is 174 cm³/mol. The van der Waals surface area contributed by atoms with Crippen LogP contribution in [0.3, 0.4) is 0 Å². The van der Waals surface area contributed by atoms with Crippen molar-refractivity contribution in [3.05, 3.63) is 89.5 Å². The molecule has 0 fully saturated rings. The van der Waals surface area contributed by atoms with Crippen molar-refractivity contribution in [2.24, 2.45) is 0 Å². The smallest absolute Gasteiger partial charge is 1.00 e. The minimum Gasteiger partial charge on any atom is -1.00 e. The van der Waals surface area contributed by atoms with Gasteiger partial charge >= 0.3 is 147 Å². The van der Waals surface area contributed by atoms with Crippen LogP contribution in [0, 0.1) is 0 Å². The Bertz CT molecular complexity index is 836. The summed E-state index contributed by atoms with van der Waals surface area (Å²) in [6.07, 6.45) is 6.30. The first-order valence-electron chi connectivity index (χ1n) is 13.5. The molecule has 3 aromatic rings. The van der Waals surface area contributed by atoms with Gasteiger partial charge in [0.25, 0.3) is 0 Å². The fraction of sp³-hybridized carbons (Fsp3) is 0.438. The summed E-state index contributed by atoms with van der Waals surface area (Å²) in [5.74, 6) is 2.79. The van der Waals surface area contributed by atoms with Gasteiger partial charge in [0, 0.05) is 0 Å². The van der Waals surface area contributed by atoms with Crippen LogP contribution in [-0.2, 0) is 19.3 Å². The van der Waals surface area contributed by atoms with E-state index in [1.165, 1.54) is 31.2 Å². The molecule has 0 saturated heterocycles. The zero-order valence-corrected chi connectivity index (χ0v) is 38.3. The summed E-state index contributed by atoms with van der Waals surface area (Å²) in [7, 11) is 0. The van der Waals surface area contributed by atoms with Gasteiger partial charge in [0.05, 0.1) is 6.61 Å². The van der Waals surface area contributed by atoms with Crippen LogP contribution in [-0.4, -0.2) is 166 Å². The summed E-state index contributed by atoms with van der Waals surface area (Å²) >= 11 is 0. The number of ether oxygens (including phenoxy) is 3. The quantitative estimate of drug-likeness (QED) is 0.213. The van der Waals surface area contributed by atoms with E-state index in [9.17, 15) is 0 Å². The van der Waals surface area contributed by atoms with Gasteiger partial charge in [0.2, 0.25) is 0 Å². The molecule has 0 aromatic heterocycles. The summed E-state index contributed by atoms with van der Waals surface area (Å²) in [6.45, 7) is 14.2. The van der Waals surface area contributed by atoms with Crippen molar-refractivity contribution in [1.82, 2.24) is 0 Å². The Kier molecular flexibility index (Phi) is 35.2. The van der Waals surface area contributed by atoms with E-state index in [1.807, 2.05) is 77.9 Å². The van der Waals surface area contributed by atoms with Gasteiger partial charge in [-0.2, -0.15) is 0 Å². The summed E-state index contributed by atoms with van der Waals surface area (Å²) in [5, 5.41) is 0.